The van der Waals surface area contributed by atoms with E-state index in [1.807, 2.05) is 6.92 Å². The van der Waals surface area contributed by atoms with Crippen LogP contribution in [0.3, 0.4) is 0 Å². The third-order valence-electron chi connectivity index (χ3n) is 3.10. The molecule has 0 radical (unpaired) electrons. The summed E-state index contributed by atoms with van der Waals surface area (Å²) in [6.45, 7) is 1.89. The number of hydrogen-bond donors (Lipinski definition) is 0. The van der Waals surface area contributed by atoms with Gasteiger partial charge in [0.2, 0.25) is 0 Å². The Morgan fingerprint density at radius 2 is 0.613 bits per heavy atom. The van der Waals surface area contributed by atoms with E-state index < -0.39 is 54.1 Å². The molecule has 0 nitrogen and oxygen atoms in total. The van der Waals surface area contributed by atoms with Crippen molar-refractivity contribution in [2.24, 2.45) is 0 Å². The first-order chi connectivity index (χ1) is 11.3. The van der Waals surface area contributed by atoms with Crippen molar-refractivity contribution in [3.63, 3.8) is 0 Å². The van der Waals surface area contributed by atoms with Gasteiger partial charge >= 0.3 is 63.4 Å². The van der Waals surface area contributed by atoms with Crippen molar-refractivity contribution < 1.29 is 109 Å². The first kappa shape index (κ1) is 41.1. The Hall–Kier alpha value is -0.186. The van der Waals surface area contributed by atoms with E-state index in [0.29, 0.717) is 0 Å². The Morgan fingerprint density at radius 3 is 0.806 bits per heavy atom. The van der Waals surface area contributed by atoms with Crippen LogP contribution in [0.1, 0.15) is 6.42 Å². The summed E-state index contributed by atoms with van der Waals surface area (Å²) in [5.74, 6) is -55.9. The van der Waals surface area contributed by atoms with Gasteiger partial charge in [-0.1, -0.05) is 0 Å². The summed E-state index contributed by atoms with van der Waals surface area (Å²) in [7, 11) is 0. The van der Waals surface area contributed by atoms with Gasteiger partial charge in [-0.15, -0.1) is 6.42 Å². The molecule has 0 heterocycles. The number of alkyl halides is 17. The van der Waals surface area contributed by atoms with Crippen LogP contribution in [0, 0.1) is 21.8 Å². The predicted molar refractivity (Wildman–Crippen MR) is 63.5 cm³/mol. The van der Waals surface area contributed by atoms with Gasteiger partial charge in [-0.3, -0.25) is 0 Å². The van der Waals surface area contributed by atoms with Gasteiger partial charge in [0.05, 0.1) is 0 Å². The summed E-state index contributed by atoms with van der Waals surface area (Å²) in [5, 5.41) is 0. The molecule has 188 valence electrons. The fourth-order valence-corrected chi connectivity index (χ4v) is 1.35. The summed E-state index contributed by atoms with van der Waals surface area (Å²) in [6, 6.07) is 0. The predicted octanol–water partition coefficient (Wildman–Crippen LogP) is 4.12. The first-order valence-corrected chi connectivity index (χ1v) is 5.82. The van der Waals surface area contributed by atoms with E-state index in [9.17, 15) is 74.6 Å². The number of rotatable bonds is 7. The van der Waals surface area contributed by atoms with Gasteiger partial charge in [0.25, 0.3) is 5.92 Å². The molecule has 0 aromatic carbocycles. The van der Waals surface area contributed by atoms with Crippen molar-refractivity contribution in [2.75, 3.05) is 0 Å². The summed E-state index contributed by atoms with van der Waals surface area (Å²) in [4.78, 5) is 0. The molecule has 0 aliphatic carbocycles. The van der Waals surface area contributed by atoms with Crippen LogP contribution < -0.4 is 12.4 Å². The van der Waals surface area contributed by atoms with E-state index in [-0.39, 0.29) is 49.0 Å². The summed E-state index contributed by atoms with van der Waals surface area (Å²) >= 11 is 0. The van der Waals surface area contributed by atoms with Crippen LogP contribution in [0.2, 0.25) is 0 Å². The second-order valence-electron chi connectivity index (χ2n) is 4.90. The molecule has 0 amide bonds. The van der Waals surface area contributed by atoms with Crippen LogP contribution in [-0.4, -0.2) is 47.6 Å². The van der Waals surface area contributed by atoms with E-state index in [4.69, 9.17) is 0 Å². The van der Waals surface area contributed by atoms with Crippen LogP contribution >= 0.6 is 0 Å². The zero-order valence-electron chi connectivity index (χ0n) is 14.7. The summed E-state index contributed by atoms with van der Waals surface area (Å²) in [6.07, 6.45) is -10.4. The van der Waals surface area contributed by atoms with E-state index in [1.54, 1.807) is 0 Å². The molecule has 0 bridgehead atoms. The van der Waals surface area contributed by atoms with Crippen LogP contribution in [0.4, 0.5) is 74.6 Å². The molecule has 0 aliphatic heterocycles. The zero-order chi connectivity index (χ0) is 22.7. The van der Waals surface area contributed by atoms with Crippen molar-refractivity contribution in [2.45, 2.75) is 54.1 Å². The summed E-state index contributed by atoms with van der Waals surface area (Å²) in [5.41, 5.74) is 0. The third-order valence-corrected chi connectivity index (χ3v) is 3.10. The van der Waals surface area contributed by atoms with Crippen LogP contribution in [0.15, 0.2) is 0 Å². The van der Waals surface area contributed by atoms with Crippen LogP contribution in [-0.2, 0) is 21.7 Å². The molecule has 0 rings (SSSR count). The first-order valence-electron chi connectivity index (χ1n) is 5.82. The second kappa shape index (κ2) is 10.4. The molecular formula is C12H10ClF17Ti. The van der Waals surface area contributed by atoms with E-state index in [2.05, 4.69) is 0 Å². The molecule has 0 fully saturated rings. The number of halogens is 18. The topological polar surface area (TPSA) is 0 Å². The average Bonchev–Trinajstić information content (AvgIpc) is 2.44. The molecule has 0 unspecified atom stereocenters. The van der Waals surface area contributed by atoms with Gasteiger partial charge in [-0.05, 0) is 0 Å². The Labute approximate surface area is 185 Å². The summed E-state index contributed by atoms with van der Waals surface area (Å²) < 4.78 is 215. The van der Waals surface area contributed by atoms with Crippen molar-refractivity contribution >= 4 is 0 Å². The molecule has 0 saturated carbocycles. The van der Waals surface area contributed by atoms with Gasteiger partial charge in [0.15, 0.2) is 0 Å². The maximum Gasteiger partial charge on any atom is 4.00 e. The molecule has 0 aromatic rings. The van der Waals surface area contributed by atoms with E-state index in [0.717, 1.165) is 0 Å². The van der Waals surface area contributed by atoms with Crippen LogP contribution in [0.5, 0.6) is 0 Å². The Balaban J connectivity index is -0.000000563. The maximum absolute atomic E-state index is 13.0. The molecule has 0 N–H and O–H groups in total. The van der Waals surface area contributed by atoms with Crippen molar-refractivity contribution in [1.82, 2.24) is 0 Å². The van der Waals surface area contributed by atoms with Crippen molar-refractivity contribution in [3.8, 4) is 0 Å². The Morgan fingerprint density at radius 1 is 0.419 bits per heavy atom. The standard InChI is InChI=1S/C10H4F17.2CH3.ClH.Ti/c1-2-3(11,12)4(13,14)5(15,16)6(17,18)7(19,20)8(21,22)9(23,24)10(25,26)27;;;;/h1-2H2;2*1H3;1H;/q3*-1;;+4/p-1. The number of hydrogen-bond acceptors (Lipinski definition) is 0. The quantitative estimate of drug-likeness (QED) is 0.250. The fourth-order valence-electron chi connectivity index (χ4n) is 1.35. The molecule has 19 heteroatoms. The SMILES string of the molecule is [CH2-]CC(F)(F)C(F)(F)C(F)(F)C(F)(F)C(F)(F)C(F)(F)C(F)(F)C(F)(F)F.[CH3-].[CH3-].[Cl-].[Ti+4]. The monoisotopic (exact) mass is 560 g/mol. The largest absolute Gasteiger partial charge is 4.00 e. The molecule has 0 saturated heterocycles. The normalized spacial score (nSPS) is 14.5. The van der Waals surface area contributed by atoms with E-state index in [1.165, 1.54) is 0 Å². The van der Waals surface area contributed by atoms with Crippen molar-refractivity contribution in [3.05, 3.63) is 21.8 Å². The molecular weight excluding hydrogens is 550 g/mol. The molecule has 0 spiro atoms. The van der Waals surface area contributed by atoms with Gasteiger partial charge in [0.1, 0.15) is 0 Å². The van der Waals surface area contributed by atoms with Gasteiger partial charge in [0, 0.05) is 0 Å². The molecule has 0 aromatic heterocycles. The van der Waals surface area contributed by atoms with E-state index >= 15 is 0 Å². The van der Waals surface area contributed by atoms with Gasteiger partial charge in [-0.2, -0.15) is 65.9 Å². The van der Waals surface area contributed by atoms with Crippen molar-refractivity contribution in [1.29, 1.82) is 0 Å². The smallest absolute Gasteiger partial charge is 1.00 e. The zero-order valence-corrected chi connectivity index (χ0v) is 17.0. The minimum Gasteiger partial charge on any atom is -1.00 e. The minimum atomic E-state index is -8.58. The molecule has 0 atom stereocenters. The third kappa shape index (κ3) is 5.33. The Bertz CT molecular complexity index is 554. The molecule has 0 aliphatic rings. The minimum absolute atomic E-state index is 0. The van der Waals surface area contributed by atoms with Crippen LogP contribution in [0.25, 0.3) is 0 Å². The second-order valence-corrected chi connectivity index (χ2v) is 4.90. The molecule has 31 heavy (non-hydrogen) atoms. The Kier molecular flexibility index (Phi) is 13.8. The average molecular weight is 560 g/mol. The van der Waals surface area contributed by atoms with Gasteiger partial charge < -0.3 is 34.2 Å². The fraction of sp³-hybridized carbons (Fsp3) is 0.750. The maximum atomic E-state index is 13.0. The van der Waals surface area contributed by atoms with Gasteiger partial charge in [-0.25, -0.2) is 8.78 Å².